The summed E-state index contributed by atoms with van der Waals surface area (Å²) in [5.41, 5.74) is 2.08. The summed E-state index contributed by atoms with van der Waals surface area (Å²) in [5.74, 6) is 1.65. The van der Waals surface area contributed by atoms with Gasteiger partial charge in [-0.3, -0.25) is 13.9 Å². The van der Waals surface area contributed by atoms with Crippen LogP contribution in [0.2, 0.25) is 0 Å². The monoisotopic (exact) mass is 413 g/mol. The lowest BCUT2D eigenvalue weighted by Gasteiger charge is -2.33. The molecule has 0 bridgehead atoms. The molecule has 3 aromatic rings. The first-order valence-electron chi connectivity index (χ1n) is 9.98. The lowest BCUT2D eigenvalue weighted by Crippen LogP contribution is -2.41. The average molecular weight is 413 g/mol. The van der Waals surface area contributed by atoms with Crippen LogP contribution >= 0.6 is 0 Å². The van der Waals surface area contributed by atoms with Crippen molar-refractivity contribution in [3.63, 3.8) is 0 Å². The van der Waals surface area contributed by atoms with E-state index in [1.165, 1.54) is 9.13 Å². The first kappa shape index (κ1) is 20.2. The van der Waals surface area contributed by atoms with Gasteiger partial charge in [-0.25, -0.2) is 4.79 Å². The molecule has 1 unspecified atom stereocenters. The number of fused-ring (bicyclic) bond motifs is 3. The van der Waals surface area contributed by atoms with Crippen LogP contribution in [0.25, 0.3) is 11.2 Å². The molecule has 0 saturated carbocycles. The predicted molar refractivity (Wildman–Crippen MR) is 115 cm³/mol. The Labute approximate surface area is 174 Å². The minimum Gasteiger partial charge on any atom is -0.495 e. The molecule has 0 spiro atoms. The van der Waals surface area contributed by atoms with E-state index in [9.17, 15) is 9.59 Å². The maximum absolute atomic E-state index is 13.3. The van der Waals surface area contributed by atoms with E-state index in [4.69, 9.17) is 14.5 Å². The van der Waals surface area contributed by atoms with Crippen LogP contribution < -0.4 is 20.9 Å². The predicted octanol–water partition coefficient (Wildman–Crippen LogP) is 1.65. The molecule has 2 aromatic heterocycles. The Morgan fingerprint density at radius 3 is 2.67 bits per heavy atom. The van der Waals surface area contributed by atoms with Crippen LogP contribution in [0.1, 0.15) is 12.5 Å². The van der Waals surface area contributed by atoms with Gasteiger partial charge in [0.1, 0.15) is 5.75 Å². The van der Waals surface area contributed by atoms with E-state index in [2.05, 4.69) is 17.9 Å². The van der Waals surface area contributed by atoms with Gasteiger partial charge < -0.3 is 18.9 Å². The Hall–Kier alpha value is -3.07. The number of rotatable bonds is 5. The van der Waals surface area contributed by atoms with Gasteiger partial charge in [-0.1, -0.05) is 13.0 Å². The molecule has 1 aromatic carbocycles. The summed E-state index contributed by atoms with van der Waals surface area (Å²) >= 11 is 0. The summed E-state index contributed by atoms with van der Waals surface area (Å²) in [5, 5.41) is 0. The van der Waals surface area contributed by atoms with Crippen molar-refractivity contribution in [2.24, 2.45) is 13.0 Å². The van der Waals surface area contributed by atoms with Gasteiger partial charge in [0.15, 0.2) is 11.2 Å². The molecule has 9 heteroatoms. The van der Waals surface area contributed by atoms with Crippen LogP contribution in [0.15, 0.2) is 27.8 Å². The highest BCUT2D eigenvalue weighted by atomic mass is 16.5. The Morgan fingerprint density at radius 1 is 1.20 bits per heavy atom. The number of imidazole rings is 1. The summed E-state index contributed by atoms with van der Waals surface area (Å²) < 4.78 is 15.3. The van der Waals surface area contributed by atoms with Crippen LogP contribution in [0.3, 0.4) is 0 Å². The highest BCUT2D eigenvalue weighted by molar-refractivity contribution is 5.78. The normalized spacial score (nSPS) is 16.2. The molecule has 1 aliphatic rings. The van der Waals surface area contributed by atoms with E-state index >= 15 is 0 Å². The quantitative estimate of drug-likeness (QED) is 0.633. The van der Waals surface area contributed by atoms with Gasteiger partial charge in [0.2, 0.25) is 5.95 Å². The third kappa shape index (κ3) is 3.09. The van der Waals surface area contributed by atoms with Crippen molar-refractivity contribution in [2.75, 3.05) is 32.3 Å². The summed E-state index contributed by atoms with van der Waals surface area (Å²) in [6.07, 6.45) is 0. The third-order valence-corrected chi connectivity index (χ3v) is 5.59. The SMILES string of the molecule is COCCn1c(=O)c2c(nc3n2CC(C)CN3c2cc(C)ccc2OC)n(C)c1=O. The fraction of sp³-hybridized carbons (Fsp3) is 0.476. The molecule has 0 fully saturated rings. The smallest absolute Gasteiger partial charge is 0.332 e. The summed E-state index contributed by atoms with van der Waals surface area (Å²) in [4.78, 5) is 32.8. The molecule has 1 aliphatic heterocycles. The molecule has 1 atom stereocenters. The number of nitrogens with zero attached hydrogens (tertiary/aromatic N) is 5. The van der Waals surface area contributed by atoms with Gasteiger partial charge in [0, 0.05) is 27.2 Å². The minimum absolute atomic E-state index is 0.198. The molecule has 0 amide bonds. The van der Waals surface area contributed by atoms with Crippen molar-refractivity contribution in [3.05, 3.63) is 44.6 Å². The zero-order chi connectivity index (χ0) is 21.6. The van der Waals surface area contributed by atoms with Gasteiger partial charge in [-0.15, -0.1) is 0 Å². The molecule has 3 heterocycles. The first-order chi connectivity index (χ1) is 14.4. The Balaban J connectivity index is 2.00. The molecule has 30 heavy (non-hydrogen) atoms. The minimum atomic E-state index is -0.396. The number of methoxy groups -OCH3 is 2. The second-order valence-corrected chi connectivity index (χ2v) is 7.88. The number of benzene rings is 1. The Kier molecular flexibility index (Phi) is 5.15. The molecule has 4 rings (SSSR count). The molecule has 0 aliphatic carbocycles. The maximum atomic E-state index is 13.3. The van der Waals surface area contributed by atoms with E-state index < -0.39 is 5.69 Å². The molecule has 0 N–H and O–H groups in total. The molecule has 0 saturated heterocycles. The molecule has 160 valence electrons. The second-order valence-electron chi connectivity index (χ2n) is 7.88. The van der Waals surface area contributed by atoms with Gasteiger partial charge in [-0.2, -0.15) is 4.98 Å². The lowest BCUT2D eigenvalue weighted by molar-refractivity contribution is 0.184. The Bertz CT molecular complexity index is 1220. The van der Waals surface area contributed by atoms with Gasteiger partial charge in [0.05, 0.1) is 25.9 Å². The topological polar surface area (TPSA) is 83.5 Å². The summed E-state index contributed by atoms with van der Waals surface area (Å²) in [7, 11) is 4.83. The summed E-state index contributed by atoms with van der Waals surface area (Å²) in [6, 6.07) is 5.98. The first-order valence-corrected chi connectivity index (χ1v) is 9.98. The number of hydrogen-bond donors (Lipinski definition) is 0. The largest absolute Gasteiger partial charge is 0.495 e. The van der Waals surface area contributed by atoms with Crippen LogP contribution in [-0.4, -0.2) is 46.1 Å². The third-order valence-electron chi connectivity index (χ3n) is 5.59. The van der Waals surface area contributed by atoms with Gasteiger partial charge in [0.25, 0.3) is 5.56 Å². The lowest BCUT2D eigenvalue weighted by atomic mass is 10.1. The van der Waals surface area contributed by atoms with Gasteiger partial charge >= 0.3 is 5.69 Å². The van der Waals surface area contributed by atoms with Crippen molar-refractivity contribution in [1.29, 1.82) is 0 Å². The average Bonchev–Trinajstić information content (AvgIpc) is 3.11. The van der Waals surface area contributed by atoms with E-state index in [1.54, 1.807) is 21.3 Å². The van der Waals surface area contributed by atoms with Crippen LogP contribution in [0, 0.1) is 12.8 Å². The standard InChI is InChI=1S/C21H27N5O4/c1-13-6-7-16(30-5)15(10-13)25-11-14(2)12-26-17-18(22-20(25)26)23(3)21(28)24(19(17)27)8-9-29-4/h6-7,10,14H,8-9,11-12H2,1-5H3. The number of aromatic nitrogens is 4. The van der Waals surface area contributed by atoms with Crippen molar-refractivity contribution < 1.29 is 9.47 Å². The molecule has 0 radical (unpaired) electrons. The molecular weight excluding hydrogens is 386 g/mol. The highest BCUT2D eigenvalue weighted by Gasteiger charge is 2.31. The highest BCUT2D eigenvalue weighted by Crippen LogP contribution is 2.38. The van der Waals surface area contributed by atoms with Crippen LogP contribution in [0.5, 0.6) is 5.75 Å². The Morgan fingerprint density at radius 2 is 1.97 bits per heavy atom. The van der Waals surface area contributed by atoms with Crippen molar-refractivity contribution in [1.82, 2.24) is 18.7 Å². The zero-order valence-electron chi connectivity index (χ0n) is 18.0. The van der Waals surface area contributed by atoms with E-state index in [1.807, 2.05) is 23.6 Å². The van der Waals surface area contributed by atoms with Crippen LogP contribution in [0.4, 0.5) is 11.6 Å². The maximum Gasteiger partial charge on any atom is 0.332 e. The van der Waals surface area contributed by atoms with Crippen LogP contribution in [-0.2, 0) is 24.9 Å². The van der Waals surface area contributed by atoms with E-state index in [0.717, 1.165) is 23.5 Å². The number of hydrogen-bond acceptors (Lipinski definition) is 6. The number of aryl methyl sites for hydroxylation is 2. The fourth-order valence-corrected chi connectivity index (χ4v) is 4.10. The molecule has 9 nitrogen and oxygen atoms in total. The second kappa shape index (κ2) is 7.64. The number of anilines is 2. The zero-order valence-corrected chi connectivity index (χ0v) is 18.0. The fourth-order valence-electron chi connectivity index (χ4n) is 4.10. The van der Waals surface area contributed by atoms with E-state index in [-0.39, 0.29) is 24.6 Å². The van der Waals surface area contributed by atoms with Gasteiger partial charge in [-0.05, 0) is 30.5 Å². The van der Waals surface area contributed by atoms with E-state index in [0.29, 0.717) is 23.7 Å². The molecular formula is C21H27N5O4. The number of ether oxygens (including phenoxy) is 2. The van der Waals surface area contributed by atoms with Crippen molar-refractivity contribution in [2.45, 2.75) is 26.9 Å². The van der Waals surface area contributed by atoms with Crippen molar-refractivity contribution in [3.8, 4) is 5.75 Å². The summed E-state index contributed by atoms with van der Waals surface area (Å²) in [6.45, 7) is 6.02. The van der Waals surface area contributed by atoms with Crippen molar-refractivity contribution >= 4 is 22.8 Å².